The fourth-order valence-electron chi connectivity index (χ4n) is 2.89. The largest absolute Gasteiger partial charge is 0.378 e. The Hall–Kier alpha value is -2.57. The van der Waals surface area contributed by atoms with E-state index >= 15 is 0 Å². The van der Waals surface area contributed by atoms with Gasteiger partial charge >= 0.3 is 0 Å². The minimum absolute atomic E-state index is 0.0701. The van der Waals surface area contributed by atoms with Gasteiger partial charge in [-0.3, -0.25) is 4.72 Å². The molecule has 10 nitrogen and oxygen atoms in total. The zero-order valence-corrected chi connectivity index (χ0v) is 17.0. The van der Waals surface area contributed by atoms with Gasteiger partial charge in [0.25, 0.3) is 10.0 Å². The van der Waals surface area contributed by atoms with E-state index in [2.05, 4.69) is 23.4 Å². The van der Waals surface area contributed by atoms with Crippen molar-refractivity contribution in [3.8, 4) is 0 Å². The van der Waals surface area contributed by atoms with Crippen molar-refractivity contribution in [3.63, 3.8) is 0 Å². The second kappa shape index (κ2) is 7.45. The first-order valence-electron chi connectivity index (χ1n) is 8.57. The highest BCUT2D eigenvalue weighted by molar-refractivity contribution is 7.93. The Balaban J connectivity index is 1.69. The molecule has 0 atom stereocenters. The van der Waals surface area contributed by atoms with Gasteiger partial charge in [0, 0.05) is 27.2 Å². The molecule has 0 amide bonds. The average molecular weight is 422 g/mol. The molecular weight excluding hydrogens is 402 g/mol. The van der Waals surface area contributed by atoms with Crippen LogP contribution in [-0.4, -0.2) is 67.5 Å². The lowest BCUT2D eigenvalue weighted by Gasteiger charge is -2.28. The maximum Gasteiger partial charge on any atom is 0.264 e. The van der Waals surface area contributed by atoms with Gasteiger partial charge in [0.05, 0.1) is 31.1 Å². The number of hydrogen-bond acceptors (Lipinski definition) is 10. The summed E-state index contributed by atoms with van der Waals surface area (Å²) in [6.45, 7) is 2.61. The summed E-state index contributed by atoms with van der Waals surface area (Å²) in [6.07, 6.45) is 1.49. The number of morpholine rings is 1. The van der Waals surface area contributed by atoms with E-state index in [1.54, 1.807) is 31.1 Å². The van der Waals surface area contributed by atoms with Gasteiger partial charge in [0.2, 0.25) is 5.95 Å². The maximum absolute atomic E-state index is 13.0. The van der Waals surface area contributed by atoms with Crippen LogP contribution in [0.4, 0.5) is 17.5 Å². The summed E-state index contributed by atoms with van der Waals surface area (Å²) in [5, 5.41) is 0. The van der Waals surface area contributed by atoms with Crippen LogP contribution >= 0.6 is 11.7 Å². The van der Waals surface area contributed by atoms with Crippen molar-refractivity contribution in [3.05, 3.63) is 24.4 Å². The van der Waals surface area contributed by atoms with Crippen LogP contribution in [0.15, 0.2) is 29.3 Å². The molecule has 1 fully saturated rings. The van der Waals surface area contributed by atoms with E-state index in [1.165, 1.54) is 12.3 Å². The molecule has 1 aliphatic heterocycles. The third kappa shape index (κ3) is 3.57. The molecule has 0 bridgehead atoms. The molecule has 2 aromatic heterocycles. The van der Waals surface area contributed by atoms with Gasteiger partial charge in [-0.15, -0.1) is 0 Å². The fraction of sp³-hybridized carbons (Fsp3) is 0.375. The van der Waals surface area contributed by atoms with Crippen LogP contribution < -0.4 is 14.5 Å². The molecule has 0 unspecified atom stereocenters. The van der Waals surface area contributed by atoms with E-state index in [-0.39, 0.29) is 4.90 Å². The van der Waals surface area contributed by atoms with Crippen molar-refractivity contribution in [2.24, 2.45) is 0 Å². The van der Waals surface area contributed by atoms with E-state index < -0.39 is 10.0 Å². The quantitative estimate of drug-likeness (QED) is 0.649. The molecule has 28 heavy (non-hydrogen) atoms. The average Bonchev–Trinajstić information content (AvgIpc) is 3.17. The summed E-state index contributed by atoms with van der Waals surface area (Å²) in [5.74, 6) is 1.02. The van der Waals surface area contributed by atoms with Crippen LogP contribution in [0.5, 0.6) is 0 Å². The molecule has 148 valence electrons. The smallest absolute Gasteiger partial charge is 0.264 e. The number of rotatable bonds is 5. The summed E-state index contributed by atoms with van der Waals surface area (Å²) in [4.78, 5) is 12.7. The number of ether oxygens (including phenoxy) is 1. The fourth-order valence-corrected chi connectivity index (χ4v) is 4.70. The molecule has 1 N–H and O–H groups in total. The molecule has 4 rings (SSSR count). The molecule has 3 aromatic rings. The molecule has 12 heteroatoms. The molecule has 0 saturated carbocycles. The standard InChI is InChI=1S/C16H19N7O3S2/c1-22(2)15-12(10-17-16(18-15)23-6-8-26-9-7-23)21-28(24,25)13-5-3-4-11-14(13)20-27-19-11/h3-5,10,21H,6-9H2,1-2H3. The van der Waals surface area contributed by atoms with E-state index in [0.29, 0.717) is 54.8 Å². The number of nitrogens with one attached hydrogen (secondary N) is 1. The van der Waals surface area contributed by atoms with Gasteiger partial charge in [-0.2, -0.15) is 13.7 Å². The number of fused-ring (bicyclic) bond motifs is 1. The lowest BCUT2D eigenvalue weighted by molar-refractivity contribution is 0.122. The van der Waals surface area contributed by atoms with Gasteiger partial charge in [-0.05, 0) is 12.1 Å². The molecule has 0 spiro atoms. The summed E-state index contributed by atoms with van der Waals surface area (Å²) < 4.78 is 42.2. The Kier molecular flexibility index (Phi) is 5.00. The van der Waals surface area contributed by atoms with Crippen molar-refractivity contribution in [2.75, 3.05) is 54.9 Å². The molecule has 0 aliphatic carbocycles. The highest BCUT2D eigenvalue weighted by Gasteiger charge is 2.23. The van der Waals surface area contributed by atoms with E-state index in [4.69, 9.17) is 4.74 Å². The number of anilines is 3. The maximum atomic E-state index is 13.0. The van der Waals surface area contributed by atoms with E-state index in [1.807, 2.05) is 4.90 Å². The predicted octanol–water partition coefficient (Wildman–Crippen LogP) is 1.18. The number of nitrogens with zero attached hydrogens (tertiary/aromatic N) is 6. The van der Waals surface area contributed by atoms with Crippen molar-refractivity contribution in [2.45, 2.75) is 4.90 Å². The van der Waals surface area contributed by atoms with Gasteiger partial charge in [-0.25, -0.2) is 13.4 Å². The first-order valence-corrected chi connectivity index (χ1v) is 10.8. The van der Waals surface area contributed by atoms with Crippen LogP contribution in [0.1, 0.15) is 0 Å². The second-order valence-electron chi connectivity index (χ2n) is 6.39. The van der Waals surface area contributed by atoms with Crippen LogP contribution in [-0.2, 0) is 14.8 Å². The summed E-state index contributed by atoms with van der Waals surface area (Å²) in [5.41, 5.74) is 1.18. The molecule has 3 heterocycles. The Morgan fingerprint density at radius 2 is 2.00 bits per heavy atom. The lowest BCUT2D eigenvalue weighted by Crippen LogP contribution is -2.37. The highest BCUT2D eigenvalue weighted by Crippen LogP contribution is 2.28. The molecule has 1 saturated heterocycles. The second-order valence-corrected chi connectivity index (χ2v) is 8.57. The van der Waals surface area contributed by atoms with E-state index in [0.717, 1.165) is 11.7 Å². The minimum atomic E-state index is -3.89. The Bertz CT molecular complexity index is 1090. The number of hydrogen-bond donors (Lipinski definition) is 1. The van der Waals surface area contributed by atoms with Crippen LogP contribution in [0.3, 0.4) is 0 Å². The van der Waals surface area contributed by atoms with Crippen molar-refractivity contribution in [1.82, 2.24) is 18.7 Å². The summed E-state index contributed by atoms with van der Waals surface area (Å²) >= 11 is 0.974. The molecule has 1 aromatic carbocycles. The van der Waals surface area contributed by atoms with Gasteiger partial charge in [-0.1, -0.05) is 6.07 Å². The lowest BCUT2D eigenvalue weighted by atomic mass is 10.3. The summed E-state index contributed by atoms with van der Waals surface area (Å²) in [7, 11) is -0.290. The number of aromatic nitrogens is 4. The Labute approximate surface area is 166 Å². The number of benzene rings is 1. The predicted molar refractivity (Wildman–Crippen MR) is 108 cm³/mol. The highest BCUT2D eigenvalue weighted by atomic mass is 32.2. The van der Waals surface area contributed by atoms with Gasteiger partial charge in [0.1, 0.15) is 21.6 Å². The third-order valence-electron chi connectivity index (χ3n) is 4.26. The van der Waals surface area contributed by atoms with Gasteiger partial charge < -0.3 is 14.5 Å². The Morgan fingerprint density at radius 1 is 1.21 bits per heavy atom. The molecule has 0 radical (unpaired) electrons. The SMILES string of the molecule is CN(C)c1nc(N2CCOCC2)ncc1NS(=O)(=O)c1cccc2nsnc12. The van der Waals surface area contributed by atoms with Crippen molar-refractivity contribution in [1.29, 1.82) is 0 Å². The zero-order valence-electron chi connectivity index (χ0n) is 15.4. The van der Waals surface area contributed by atoms with Crippen LogP contribution in [0.25, 0.3) is 11.0 Å². The van der Waals surface area contributed by atoms with Crippen LogP contribution in [0, 0.1) is 0 Å². The molecular formula is C16H19N7O3S2. The summed E-state index contributed by atoms with van der Waals surface area (Å²) in [6, 6.07) is 4.87. The first kappa shape index (κ1) is 18.8. The van der Waals surface area contributed by atoms with Crippen molar-refractivity contribution >= 4 is 50.2 Å². The first-order chi connectivity index (χ1) is 13.5. The van der Waals surface area contributed by atoms with E-state index in [9.17, 15) is 8.42 Å². The van der Waals surface area contributed by atoms with Crippen molar-refractivity contribution < 1.29 is 13.2 Å². The monoisotopic (exact) mass is 421 g/mol. The van der Waals surface area contributed by atoms with Crippen LogP contribution in [0.2, 0.25) is 0 Å². The topological polar surface area (TPSA) is 113 Å². The number of sulfonamides is 1. The minimum Gasteiger partial charge on any atom is -0.378 e. The Morgan fingerprint density at radius 3 is 2.75 bits per heavy atom. The normalized spacial score (nSPS) is 15.0. The molecule has 1 aliphatic rings. The zero-order chi connectivity index (χ0) is 19.7. The van der Waals surface area contributed by atoms with Gasteiger partial charge in [0.15, 0.2) is 5.82 Å². The third-order valence-corrected chi connectivity index (χ3v) is 6.20.